The van der Waals surface area contributed by atoms with Gasteiger partial charge in [0.1, 0.15) is 0 Å². The SMILES string of the molecule is [2H]c1c([2H])c([2H])c(-c2c([2H])c(-c3ccc(-n4c5c([2H])c([2H])c([2H])c([2H])c5c5c([2H])c([2H])c([2H])c([2H])c54)c(-c4nc(-c5ccccc5)nc(-c5ccccc5)n4)c3)c([2H])c(-c3c([2H])c([2H])c([2H])c([2H])c3[2H])c2[2H])c([2H])c1[2H]. The second-order valence-corrected chi connectivity index (χ2v) is 12.1. The minimum absolute atomic E-state index is 0.0742. The Morgan fingerprint density at radius 1 is 0.364 bits per heavy atom. The summed E-state index contributed by atoms with van der Waals surface area (Å²) in [6, 6.07) is 5.33. The monoisotopic (exact) mass is 723 g/mol. The fourth-order valence-electron chi connectivity index (χ4n) is 6.27. The van der Waals surface area contributed by atoms with Crippen molar-refractivity contribution in [1.82, 2.24) is 19.5 Å². The van der Waals surface area contributed by atoms with Crippen molar-refractivity contribution < 1.29 is 28.8 Å². The molecular formula is C51H34N4. The molecule has 2 heterocycles. The maximum atomic E-state index is 9.86. The van der Waals surface area contributed by atoms with Crippen LogP contribution in [0.1, 0.15) is 28.8 Å². The molecule has 0 amide bonds. The second-order valence-electron chi connectivity index (χ2n) is 12.1. The Morgan fingerprint density at radius 3 is 1.31 bits per heavy atom. The summed E-state index contributed by atoms with van der Waals surface area (Å²) in [6.07, 6.45) is 0. The van der Waals surface area contributed by atoms with E-state index < -0.39 is 155 Å². The van der Waals surface area contributed by atoms with Crippen LogP contribution in [0.25, 0.3) is 95.0 Å². The van der Waals surface area contributed by atoms with E-state index in [0.29, 0.717) is 11.1 Å². The highest BCUT2D eigenvalue weighted by atomic mass is 15.1. The van der Waals surface area contributed by atoms with E-state index >= 15 is 0 Å². The Hall–Kier alpha value is -7.43. The van der Waals surface area contributed by atoms with E-state index in [9.17, 15) is 6.85 Å². The fourth-order valence-corrected chi connectivity index (χ4v) is 6.27. The number of hydrogen-bond acceptors (Lipinski definition) is 3. The topological polar surface area (TPSA) is 43.6 Å². The van der Waals surface area contributed by atoms with Gasteiger partial charge in [-0.2, -0.15) is 0 Å². The third-order valence-corrected chi connectivity index (χ3v) is 8.75. The molecule has 55 heavy (non-hydrogen) atoms. The summed E-state index contributed by atoms with van der Waals surface area (Å²) >= 11 is 0. The molecule has 4 heteroatoms. The summed E-state index contributed by atoms with van der Waals surface area (Å²) in [6.45, 7) is 0. The molecule has 0 aliphatic carbocycles. The first-order valence-electron chi connectivity index (χ1n) is 27.3. The summed E-state index contributed by atoms with van der Waals surface area (Å²) in [5, 5.41) is -0.513. The summed E-state index contributed by atoms with van der Waals surface area (Å²) < 4.78 is 189. The van der Waals surface area contributed by atoms with Gasteiger partial charge in [0, 0.05) is 27.5 Å². The molecule has 0 saturated carbocycles. The lowest BCUT2D eigenvalue weighted by molar-refractivity contribution is 1.06. The van der Waals surface area contributed by atoms with Crippen molar-refractivity contribution in [1.29, 1.82) is 0 Å². The molecule has 0 atom stereocenters. The van der Waals surface area contributed by atoms with Crippen LogP contribution >= 0.6 is 0 Å². The molecule has 0 saturated heterocycles. The number of fused-ring (bicyclic) bond motifs is 3. The zero-order valence-corrected chi connectivity index (χ0v) is 28.3. The lowest BCUT2D eigenvalue weighted by atomic mass is 9.92. The van der Waals surface area contributed by atoms with Crippen LogP contribution in [0.15, 0.2) is 206 Å². The predicted octanol–water partition coefficient (Wildman–Crippen LogP) is 13.0. The molecule has 4 nitrogen and oxygen atoms in total. The third-order valence-electron chi connectivity index (χ3n) is 8.75. The largest absolute Gasteiger partial charge is 0.309 e. The fraction of sp³-hybridized carbons (Fsp3) is 0. The van der Waals surface area contributed by atoms with Gasteiger partial charge in [0.25, 0.3) is 0 Å². The van der Waals surface area contributed by atoms with Gasteiger partial charge in [0.15, 0.2) is 17.5 Å². The molecule has 0 aliphatic heterocycles. The van der Waals surface area contributed by atoms with E-state index in [1.165, 1.54) is 22.8 Å². The highest BCUT2D eigenvalue weighted by Crippen LogP contribution is 2.40. The number of para-hydroxylation sites is 2. The van der Waals surface area contributed by atoms with Crippen molar-refractivity contribution in [3.05, 3.63) is 206 Å². The lowest BCUT2D eigenvalue weighted by Crippen LogP contribution is -2.04. The first-order valence-corrected chi connectivity index (χ1v) is 16.8. The van der Waals surface area contributed by atoms with Crippen LogP contribution in [0.4, 0.5) is 0 Å². The number of nitrogens with zero attached hydrogens (tertiary/aromatic N) is 4. The van der Waals surface area contributed by atoms with Crippen molar-refractivity contribution in [2.45, 2.75) is 0 Å². The van der Waals surface area contributed by atoms with Gasteiger partial charge in [-0.05, 0) is 75.7 Å². The van der Waals surface area contributed by atoms with E-state index in [4.69, 9.17) is 36.9 Å². The summed E-state index contributed by atoms with van der Waals surface area (Å²) in [5.74, 6) is 0.0487. The van der Waals surface area contributed by atoms with Crippen molar-refractivity contribution in [3.63, 3.8) is 0 Å². The minimum Gasteiger partial charge on any atom is -0.309 e. The second kappa shape index (κ2) is 13.8. The van der Waals surface area contributed by atoms with Crippen LogP contribution in [0, 0.1) is 0 Å². The maximum absolute atomic E-state index is 9.86. The molecule has 0 N–H and O–H groups in total. The number of aromatic nitrogens is 4. The Morgan fingerprint density at radius 2 is 0.800 bits per heavy atom. The lowest BCUT2D eigenvalue weighted by Gasteiger charge is -2.17. The zero-order valence-electron chi connectivity index (χ0n) is 49.3. The van der Waals surface area contributed by atoms with Gasteiger partial charge in [-0.1, -0.05) is 163 Å². The molecule has 0 radical (unpaired) electrons. The number of hydrogen-bond donors (Lipinski definition) is 0. The van der Waals surface area contributed by atoms with E-state index in [0.717, 1.165) is 0 Å². The van der Waals surface area contributed by atoms with E-state index in [2.05, 4.69) is 0 Å². The Balaban J connectivity index is 1.43. The Bertz CT molecular complexity index is 3900. The van der Waals surface area contributed by atoms with Gasteiger partial charge >= 0.3 is 0 Å². The van der Waals surface area contributed by atoms with Gasteiger partial charge in [0.2, 0.25) is 0 Å². The molecule has 8 aromatic carbocycles. The van der Waals surface area contributed by atoms with Gasteiger partial charge in [-0.3, -0.25) is 0 Å². The van der Waals surface area contributed by atoms with Crippen LogP contribution in [-0.4, -0.2) is 19.5 Å². The minimum atomic E-state index is -0.876. The smallest absolute Gasteiger partial charge is 0.166 e. The predicted molar refractivity (Wildman–Crippen MR) is 227 cm³/mol. The van der Waals surface area contributed by atoms with E-state index in [1.54, 1.807) is 60.7 Å². The van der Waals surface area contributed by atoms with Crippen molar-refractivity contribution >= 4 is 21.8 Å². The molecule has 10 rings (SSSR count). The van der Waals surface area contributed by atoms with Gasteiger partial charge in [-0.25, -0.2) is 15.0 Å². The van der Waals surface area contributed by atoms with Crippen molar-refractivity contribution in [3.8, 4) is 73.2 Å². The molecule has 258 valence electrons. The van der Waals surface area contributed by atoms with Crippen molar-refractivity contribution in [2.75, 3.05) is 0 Å². The summed E-state index contributed by atoms with van der Waals surface area (Å²) in [4.78, 5) is 14.6. The molecule has 10 aromatic rings. The van der Waals surface area contributed by atoms with Gasteiger partial charge in [0.05, 0.1) is 45.5 Å². The van der Waals surface area contributed by atoms with Crippen LogP contribution in [-0.2, 0) is 0 Å². The van der Waals surface area contributed by atoms with Crippen LogP contribution in [0.5, 0.6) is 0 Å². The average Bonchev–Trinajstić information content (AvgIpc) is 4.00. The van der Waals surface area contributed by atoms with Gasteiger partial charge < -0.3 is 4.57 Å². The Labute approximate surface area is 349 Å². The average molecular weight is 724 g/mol. The number of benzene rings is 8. The zero-order chi connectivity index (χ0) is 54.8. The van der Waals surface area contributed by atoms with Crippen LogP contribution < -0.4 is 0 Å². The highest BCUT2D eigenvalue weighted by Gasteiger charge is 2.20. The molecule has 0 bridgehead atoms. The first-order chi connectivity index (χ1) is 36.0. The standard InChI is InChI=1S/C51H34N4/c1-5-17-35(18-6-1)40-31-41(36-19-7-2-8-20-36)33-42(32-40)39-29-30-48(55-46-27-15-13-25-43(46)44-26-14-16-28-47(44)55)45(34-39)51-53-49(37-21-9-3-10-22-37)52-50(54-51)38-23-11-4-12-24-38/h1-34H/i1D,2D,5D,6D,7D,8D,13D,14D,15D,16D,17D,18D,19D,20D,25D,26D,27D,28D,31D,32D,33D. The Kier molecular flexibility index (Phi) is 4.32. The molecule has 2 aromatic heterocycles. The van der Waals surface area contributed by atoms with Crippen LogP contribution in [0.3, 0.4) is 0 Å². The summed E-state index contributed by atoms with van der Waals surface area (Å²) in [5.41, 5.74) is -2.98. The normalized spacial score (nSPS) is 16.6. The molecule has 0 aliphatic rings. The maximum Gasteiger partial charge on any atom is 0.166 e. The van der Waals surface area contributed by atoms with Gasteiger partial charge in [-0.15, -0.1) is 0 Å². The quantitative estimate of drug-likeness (QED) is 0.164. The van der Waals surface area contributed by atoms with E-state index in [-0.39, 0.29) is 56.1 Å². The molecule has 0 fully saturated rings. The summed E-state index contributed by atoms with van der Waals surface area (Å²) in [7, 11) is 0. The van der Waals surface area contributed by atoms with Crippen molar-refractivity contribution in [2.24, 2.45) is 0 Å². The molecule has 0 spiro atoms. The third kappa shape index (κ3) is 6.06. The molecule has 0 unspecified atom stereocenters. The van der Waals surface area contributed by atoms with Crippen LogP contribution in [0.2, 0.25) is 0 Å². The highest BCUT2D eigenvalue weighted by molar-refractivity contribution is 6.09. The first kappa shape index (κ1) is 17.1. The number of rotatable bonds is 7. The molecular weight excluding hydrogens is 669 g/mol. The van der Waals surface area contributed by atoms with E-state index in [1.807, 2.05) is 0 Å².